The maximum absolute atomic E-state index is 12.0. The lowest BCUT2D eigenvalue weighted by Gasteiger charge is -2.15. The molecule has 0 spiro atoms. The van der Waals surface area contributed by atoms with Gasteiger partial charge in [-0.05, 0) is 37.3 Å². The van der Waals surface area contributed by atoms with Crippen LogP contribution in [0.1, 0.15) is 12.5 Å². The minimum Gasteiger partial charge on any atom is -0.494 e. The van der Waals surface area contributed by atoms with Crippen LogP contribution in [0.5, 0.6) is 5.75 Å². The van der Waals surface area contributed by atoms with E-state index in [0.29, 0.717) is 33.6 Å². The molecule has 0 atom stereocenters. The second-order valence-corrected chi connectivity index (χ2v) is 6.77. The van der Waals surface area contributed by atoms with Crippen molar-refractivity contribution in [1.29, 1.82) is 5.26 Å². The van der Waals surface area contributed by atoms with Crippen LogP contribution in [-0.4, -0.2) is 18.0 Å². The van der Waals surface area contributed by atoms with Gasteiger partial charge in [-0.3, -0.25) is 9.78 Å². The zero-order valence-electron chi connectivity index (χ0n) is 15.3. The Morgan fingerprint density at radius 2 is 2.14 bits per heavy atom. The predicted octanol–water partition coefficient (Wildman–Crippen LogP) is 5.14. The Labute approximate surface area is 171 Å². The van der Waals surface area contributed by atoms with Crippen molar-refractivity contribution >= 4 is 49.8 Å². The monoisotopic (exact) mass is 436 g/mol. The Balaban J connectivity index is 2.17. The molecule has 6 nitrogen and oxygen atoms in total. The van der Waals surface area contributed by atoms with Crippen molar-refractivity contribution in [1.82, 2.24) is 4.98 Å². The molecular formula is C21H17BrN4O2. The molecule has 1 heterocycles. The quantitative estimate of drug-likeness (QED) is 0.540. The van der Waals surface area contributed by atoms with E-state index in [-0.39, 0.29) is 5.91 Å². The van der Waals surface area contributed by atoms with Gasteiger partial charge in [0, 0.05) is 27.8 Å². The van der Waals surface area contributed by atoms with Gasteiger partial charge in [-0.15, -0.1) is 0 Å². The summed E-state index contributed by atoms with van der Waals surface area (Å²) < 4.78 is 6.30. The first-order valence-corrected chi connectivity index (χ1v) is 9.22. The highest BCUT2D eigenvalue weighted by Crippen LogP contribution is 2.36. The van der Waals surface area contributed by atoms with Gasteiger partial charge in [0.15, 0.2) is 0 Å². The molecule has 0 unspecified atom stereocenters. The van der Waals surface area contributed by atoms with Crippen LogP contribution in [0, 0.1) is 11.3 Å². The molecule has 1 amide bonds. The first-order valence-electron chi connectivity index (χ1n) is 8.42. The maximum atomic E-state index is 12.0. The average molecular weight is 437 g/mol. The normalized spacial score (nSPS) is 10.6. The molecule has 0 saturated heterocycles. The molecule has 7 heteroatoms. The Morgan fingerprint density at radius 3 is 2.82 bits per heavy atom. The highest BCUT2D eigenvalue weighted by Gasteiger charge is 2.14. The molecule has 140 valence electrons. The molecule has 2 N–H and O–H groups in total. The maximum Gasteiger partial charge on any atom is 0.248 e. The molecule has 0 aliphatic carbocycles. The number of carbonyl (C=O) groups is 1. The van der Waals surface area contributed by atoms with Crippen LogP contribution < -0.4 is 15.4 Å². The summed E-state index contributed by atoms with van der Waals surface area (Å²) in [5.74, 6) is 0.210. The number of nitriles is 1. The highest BCUT2D eigenvalue weighted by atomic mass is 79.9. The number of fused-ring (bicyclic) bond motifs is 1. The number of allylic oxidation sites excluding steroid dienone is 1. The summed E-state index contributed by atoms with van der Waals surface area (Å²) in [6, 6.07) is 13.3. The van der Waals surface area contributed by atoms with Gasteiger partial charge in [0.1, 0.15) is 11.8 Å². The fourth-order valence-electron chi connectivity index (χ4n) is 2.74. The van der Waals surface area contributed by atoms with Crippen LogP contribution in [0.15, 0.2) is 59.2 Å². The minimum atomic E-state index is -0.272. The largest absolute Gasteiger partial charge is 0.494 e. The third kappa shape index (κ3) is 4.13. The van der Waals surface area contributed by atoms with E-state index < -0.39 is 0 Å². The van der Waals surface area contributed by atoms with E-state index in [1.807, 2.05) is 24.3 Å². The lowest BCUT2D eigenvalue weighted by molar-refractivity contribution is -0.111. The average Bonchev–Trinajstić information content (AvgIpc) is 2.68. The number of carbonyl (C=O) groups excluding carboxylic acids is 1. The van der Waals surface area contributed by atoms with E-state index in [0.717, 1.165) is 10.2 Å². The Bertz CT molecular complexity index is 1120. The number of nitrogens with one attached hydrogen (secondary N) is 2. The van der Waals surface area contributed by atoms with Crippen molar-refractivity contribution in [2.24, 2.45) is 0 Å². The zero-order chi connectivity index (χ0) is 20.1. The second kappa shape index (κ2) is 8.55. The smallest absolute Gasteiger partial charge is 0.248 e. The summed E-state index contributed by atoms with van der Waals surface area (Å²) in [7, 11) is 1.52. The number of anilines is 3. The summed E-state index contributed by atoms with van der Waals surface area (Å²) >= 11 is 3.45. The number of methoxy groups -OCH3 is 1. The molecule has 3 aromatic rings. The molecule has 1 aromatic heterocycles. The Kier molecular flexibility index (Phi) is 5.92. The van der Waals surface area contributed by atoms with Crippen molar-refractivity contribution in [3.63, 3.8) is 0 Å². The van der Waals surface area contributed by atoms with Crippen molar-refractivity contribution < 1.29 is 9.53 Å². The number of amides is 1. The molecule has 0 aliphatic heterocycles. The van der Waals surface area contributed by atoms with Crippen molar-refractivity contribution in [2.45, 2.75) is 6.92 Å². The first-order chi connectivity index (χ1) is 13.5. The van der Waals surface area contributed by atoms with Gasteiger partial charge in [0.2, 0.25) is 5.91 Å². The molecule has 0 radical (unpaired) electrons. The van der Waals surface area contributed by atoms with Crippen LogP contribution >= 0.6 is 15.9 Å². The van der Waals surface area contributed by atoms with E-state index in [9.17, 15) is 10.1 Å². The minimum absolute atomic E-state index is 0.272. The fourth-order valence-corrected chi connectivity index (χ4v) is 3.14. The number of hydrogen-bond acceptors (Lipinski definition) is 5. The highest BCUT2D eigenvalue weighted by molar-refractivity contribution is 9.10. The molecular weight excluding hydrogens is 420 g/mol. The lowest BCUT2D eigenvalue weighted by atomic mass is 10.1. The van der Waals surface area contributed by atoms with E-state index in [2.05, 4.69) is 37.6 Å². The van der Waals surface area contributed by atoms with Crippen LogP contribution in [0.4, 0.5) is 17.1 Å². The number of pyridine rings is 1. The fraction of sp³-hybridized carbons (Fsp3) is 0.0952. The van der Waals surface area contributed by atoms with Crippen LogP contribution in [-0.2, 0) is 4.79 Å². The van der Waals surface area contributed by atoms with Gasteiger partial charge in [-0.25, -0.2) is 0 Å². The van der Waals surface area contributed by atoms with Crippen molar-refractivity contribution in [3.05, 3.63) is 64.8 Å². The third-order valence-corrected chi connectivity index (χ3v) is 4.47. The molecule has 0 aliphatic rings. The number of hydrogen-bond donors (Lipinski definition) is 2. The van der Waals surface area contributed by atoms with E-state index >= 15 is 0 Å². The van der Waals surface area contributed by atoms with Crippen molar-refractivity contribution in [3.8, 4) is 11.8 Å². The van der Waals surface area contributed by atoms with Gasteiger partial charge in [0.05, 0.1) is 29.6 Å². The summed E-state index contributed by atoms with van der Waals surface area (Å²) in [5.41, 5.74) is 2.94. The summed E-state index contributed by atoms with van der Waals surface area (Å²) in [4.78, 5) is 16.4. The summed E-state index contributed by atoms with van der Waals surface area (Å²) in [6.07, 6.45) is 4.59. The topological polar surface area (TPSA) is 87.0 Å². The zero-order valence-corrected chi connectivity index (χ0v) is 16.9. The molecule has 0 bridgehead atoms. The van der Waals surface area contributed by atoms with Crippen LogP contribution in [0.2, 0.25) is 0 Å². The number of benzene rings is 2. The molecule has 28 heavy (non-hydrogen) atoms. The Hall–Kier alpha value is -3.37. The molecule has 2 aromatic carbocycles. The third-order valence-electron chi connectivity index (χ3n) is 3.98. The number of aromatic nitrogens is 1. The number of rotatable bonds is 5. The molecule has 0 fully saturated rings. The van der Waals surface area contributed by atoms with Crippen LogP contribution in [0.25, 0.3) is 10.9 Å². The standard InChI is InChI=1S/C21H17BrN4O2/c1-3-5-20(27)26-18-9-16-17(10-19(18)28-2)24-12-13(11-23)21(16)25-15-7-4-6-14(22)8-15/h3-10,12H,1-2H3,(H,24,25)(H,26,27)/b5-3+. The van der Waals surface area contributed by atoms with E-state index in [1.54, 1.807) is 25.1 Å². The number of nitrogens with zero attached hydrogens (tertiary/aromatic N) is 2. The van der Waals surface area contributed by atoms with Gasteiger partial charge < -0.3 is 15.4 Å². The number of halogens is 1. The molecule has 0 saturated carbocycles. The van der Waals surface area contributed by atoms with Gasteiger partial charge in [-0.2, -0.15) is 5.26 Å². The van der Waals surface area contributed by atoms with Crippen LogP contribution in [0.3, 0.4) is 0 Å². The SMILES string of the molecule is C/C=C/C(=O)Nc1cc2c(Nc3cccc(Br)c3)c(C#N)cnc2cc1OC. The first kappa shape index (κ1) is 19.4. The summed E-state index contributed by atoms with van der Waals surface area (Å²) in [6.45, 7) is 1.76. The van der Waals surface area contributed by atoms with E-state index in [4.69, 9.17) is 4.74 Å². The number of ether oxygens (including phenoxy) is 1. The van der Waals surface area contributed by atoms with E-state index in [1.165, 1.54) is 19.4 Å². The second-order valence-electron chi connectivity index (χ2n) is 5.85. The molecule has 3 rings (SSSR count). The Morgan fingerprint density at radius 1 is 1.32 bits per heavy atom. The van der Waals surface area contributed by atoms with Crippen molar-refractivity contribution in [2.75, 3.05) is 17.7 Å². The van der Waals surface area contributed by atoms with Gasteiger partial charge >= 0.3 is 0 Å². The van der Waals surface area contributed by atoms with Gasteiger partial charge in [-0.1, -0.05) is 28.1 Å². The predicted molar refractivity (Wildman–Crippen MR) is 114 cm³/mol. The lowest BCUT2D eigenvalue weighted by Crippen LogP contribution is -2.09. The summed E-state index contributed by atoms with van der Waals surface area (Å²) in [5, 5.41) is 16.3. The van der Waals surface area contributed by atoms with Gasteiger partial charge in [0.25, 0.3) is 0 Å².